The van der Waals surface area contributed by atoms with Gasteiger partial charge in [-0.1, -0.05) is 29.6 Å². The minimum absolute atomic E-state index is 0.0971. The molecule has 122 valence electrons. The fourth-order valence-corrected chi connectivity index (χ4v) is 4.05. The van der Waals surface area contributed by atoms with Crippen molar-refractivity contribution in [2.75, 3.05) is 5.75 Å². The van der Waals surface area contributed by atoms with Crippen LogP contribution in [0, 0.1) is 0 Å². The first kappa shape index (κ1) is 17.8. The standard InChI is InChI=1S/C14H14N2O4S3/c1-8(17)15-10(7-23-14(20)11-3-2-5-21-11)12(18)16-9-4-6-22-13(9)19/h2-6,9-10H,7H2,1H3,(H,15,17)(H,16,18). The van der Waals surface area contributed by atoms with Gasteiger partial charge >= 0.3 is 0 Å². The summed E-state index contributed by atoms with van der Waals surface area (Å²) < 4.78 is 0. The van der Waals surface area contributed by atoms with Gasteiger partial charge in [0.15, 0.2) is 0 Å². The third-order valence-corrected chi connectivity index (χ3v) is 5.56. The van der Waals surface area contributed by atoms with Crippen LogP contribution in [-0.4, -0.2) is 39.9 Å². The van der Waals surface area contributed by atoms with E-state index in [1.165, 1.54) is 18.3 Å². The minimum atomic E-state index is -0.881. The van der Waals surface area contributed by atoms with Gasteiger partial charge in [0.1, 0.15) is 12.1 Å². The molecule has 0 saturated heterocycles. The molecule has 1 aliphatic rings. The summed E-state index contributed by atoms with van der Waals surface area (Å²) in [4.78, 5) is 47.6. The molecule has 2 unspecified atom stereocenters. The smallest absolute Gasteiger partial charge is 0.244 e. The monoisotopic (exact) mass is 370 g/mol. The van der Waals surface area contributed by atoms with E-state index in [-0.39, 0.29) is 21.9 Å². The molecule has 23 heavy (non-hydrogen) atoms. The molecule has 2 heterocycles. The number of carbonyl (C=O) groups excluding carboxylic acids is 4. The van der Waals surface area contributed by atoms with Crippen molar-refractivity contribution in [3.8, 4) is 0 Å². The molecule has 0 fully saturated rings. The summed E-state index contributed by atoms with van der Waals surface area (Å²) in [5.74, 6) is -0.769. The largest absolute Gasteiger partial charge is 0.344 e. The van der Waals surface area contributed by atoms with Crippen LogP contribution in [0.1, 0.15) is 16.6 Å². The van der Waals surface area contributed by atoms with Gasteiger partial charge < -0.3 is 10.6 Å². The number of carbonyl (C=O) groups is 4. The molecule has 1 aromatic heterocycles. The molecule has 2 amide bonds. The summed E-state index contributed by atoms with van der Waals surface area (Å²) in [6.07, 6.45) is 1.58. The molecule has 9 heteroatoms. The Morgan fingerprint density at radius 3 is 2.74 bits per heavy atom. The number of rotatable bonds is 6. The second-order valence-corrected chi connectivity index (χ2v) is 7.43. The lowest BCUT2D eigenvalue weighted by atomic mass is 10.2. The summed E-state index contributed by atoms with van der Waals surface area (Å²) in [7, 11) is 0. The van der Waals surface area contributed by atoms with Crippen LogP contribution in [0.15, 0.2) is 29.0 Å². The van der Waals surface area contributed by atoms with E-state index in [0.29, 0.717) is 4.88 Å². The maximum atomic E-state index is 12.2. The first-order chi connectivity index (χ1) is 11.0. The lowest BCUT2D eigenvalue weighted by Crippen LogP contribution is -2.51. The van der Waals surface area contributed by atoms with Crippen molar-refractivity contribution in [3.63, 3.8) is 0 Å². The van der Waals surface area contributed by atoms with Gasteiger partial charge in [0.05, 0.1) is 4.88 Å². The predicted molar refractivity (Wildman–Crippen MR) is 92.4 cm³/mol. The Morgan fingerprint density at radius 2 is 2.17 bits per heavy atom. The zero-order valence-corrected chi connectivity index (χ0v) is 14.6. The maximum absolute atomic E-state index is 12.2. The Hall–Kier alpha value is -1.58. The topological polar surface area (TPSA) is 92.3 Å². The summed E-state index contributed by atoms with van der Waals surface area (Å²) >= 11 is 3.29. The molecule has 0 radical (unpaired) electrons. The molecule has 2 rings (SSSR count). The highest BCUT2D eigenvalue weighted by molar-refractivity contribution is 8.16. The molecule has 1 aromatic rings. The summed E-state index contributed by atoms with van der Waals surface area (Å²) in [5, 5.41) is 8.13. The van der Waals surface area contributed by atoms with Gasteiger partial charge in [0.25, 0.3) is 0 Å². The van der Waals surface area contributed by atoms with Crippen LogP contribution in [0.5, 0.6) is 0 Å². The van der Waals surface area contributed by atoms with Crippen molar-refractivity contribution in [1.82, 2.24) is 10.6 Å². The predicted octanol–water partition coefficient (Wildman–Crippen LogP) is 1.40. The lowest BCUT2D eigenvalue weighted by molar-refractivity contribution is -0.128. The Morgan fingerprint density at radius 1 is 1.39 bits per heavy atom. The van der Waals surface area contributed by atoms with E-state index >= 15 is 0 Å². The molecule has 2 atom stereocenters. The average molecular weight is 370 g/mol. The number of hydrogen-bond acceptors (Lipinski definition) is 7. The second kappa shape index (κ2) is 8.32. The fraction of sp³-hybridized carbons (Fsp3) is 0.286. The highest BCUT2D eigenvalue weighted by Crippen LogP contribution is 2.19. The minimum Gasteiger partial charge on any atom is -0.344 e. The van der Waals surface area contributed by atoms with E-state index in [1.54, 1.807) is 29.0 Å². The lowest BCUT2D eigenvalue weighted by Gasteiger charge is -2.18. The SMILES string of the molecule is CC(=O)NC(CSC(=O)c1cccs1)C(=O)NC1C=CSC1=O. The highest BCUT2D eigenvalue weighted by atomic mass is 32.2. The Balaban J connectivity index is 1.94. The van der Waals surface area contributed by atoms with Crippen LogP contribution in [0.4, 0.5) is 0 Å². The number of nitrogens with one attached hydrogen (secondary N) is 2. The number of thiophene rings is 1. The van der Waals surface area contributed by atoms with E-state index in [1.807, 2.05) is 0 Å². The van der Waals surface area contributed by atoms with Gasteiger partial charge in [-0.15, -0.1) is 11.3 Å². The second-order valence-electron chi connectivity index (χ2n) is 4.58. The molecule has 0 saturated carbocycles. The van der Waals surface area contributed by atoms with Crippen LogP contribution >= 0.6 is 34.9 Å². The van der Waals surface area contributed by atoms with Crippen molar-refractivity contribution in [1.29, 1.82) is 0 Å². The van der Waals surface area contributed by atoms with Gasteiger partial charge in [-0.3, -0.25) is 19.2 Å². The van der Waals surface area contributed by atoms with Gasteiger partial charge in [0, 0.05) is 12.7 Å². The molecular formula is C14H14N2O4S3. The van der Waals surface area contributed by atoms with Gasteiger partial charge in [-0.05, 0) is 22.9 Å². The van der Waals surface area contributed by atoms with Crippen molar-refractivity contribution in [2.45, 2.75) is 19.0 Å². The number of amides is 2. The fourth-order valence-electron chi connectivity index (χ4n) is 1.75. The molecule has 0 spiro atoms. The zero-order chi connectivity index (χ0) is 16.8. The molecule has 6 nitrogen and oxygen atoms in total. The van der Waals surface area contributed by atoms with Gasteiger partial charge in [-0.25, -0.2) is 0 Å². The van der Waals surface area contributed by atoms with Crippen LogP contribution < -0.4 is 10.6 Å². The van der Waals surface area contributed by atoms with E-state index in [2.05, 4.69) is 10.6 Å². The zero-order valence-electron chi connectivity index (χ0n) is 12.1. The summed E-state index contributed by atoms with van der Waals surface area (Å²) in [6.45, 7) is 1.29. The molecule has 0 aromatic carbocycles. The third kappa shape index (κ3) is 5.22. The van der Waals surface area contributed by atoms with Gasteiger partial charge in [-0.2, -0.15) is 0 Å². The summed E-state index contributed by atoms with van der Waals surface area (Å²) in [6, 6.07) is 1.90. The molecule has 1 aliphatic heterocycles. The van der Waals surface area contributed by atoms with Crippen molar-refractivity contribution in [3.05, 3.63) is 33.9 Å². The maximum Gasteiger partial charge on any atom is 0.244 e. The van der Waals surface area contributed by atoms with Crippen molar-refractivity contribution in [2.24, 2.45) is 0 Å². The normalized spacial score (nSPS) is 17.8. The quantitative estimate of drug-likeness (QED) is 0.786. The van der Waals surface area contributed by atoms with Crippen molar-refractivity contribution < 1.29 is 19.2 Å². The van der Waals surface area contributed by atoms with E-state index in [9.17, 15) is 19.2 Å². The number of hydrogen-bond donors (Lipinski definition) is 2. The molecule has 0 bridgehead atoms. The third-order valence-electron chi connectivity index (χ3n) is 2.80. The first-order valence-electron chi connectivity index (χ1n) is 6.62. The molecule has 2 N–H and O–H groups in total. The van der Waals surface area contributed by atoms with E-state index in [0.717, 1.165) is 23.5 Å². The van der Waals surface area contributed by atoms with Crippen LogP contribution in [0.25, 0.3) is 0 Å². The molecular weight excluding hydrogens is 356 g/mol. The molecule has 0 aliphatic carbocycles. The van der Waals surface area contributed by atoms with E-state index < -0.39 is 18.0 Å². The Labute approximate surface area is 145 Å². The van der Waals surface area contributed by atoms with Crippen LogP contribution in [0.2, 0.25) is 0 Å². The summed E-state index contributed by atoms with van der Waals surface area (Å²) in [5.41, 5.74) is 0. The van der Waals surface area contributed by atoms with Crippen LogP contribution in [-0.2, 0) is 14.4 Å². The Kier molecular flexibility index (Phi) is 6.43. The Bertz CT molecular complexity index is 642. The number of thioether (sulfide) groups is 2. The van der Waals surface area contributed by atoms with Crippen molar-refractivity contribution >= 4 is 56.9 Å². The highest BCUT2D eigenvalue weighted by Gasteiger charge is 2.27. The van der Waals surface area contributed by atoms with Crippen LogP contribution in [0.3, 0.4) is 0 Å². The van der Waals surface area contributed by atoms with E-state index in [4.69, 9.17) is 0 Å². The first-order valence-corrected chi connectivity index (χ1v) is 9.37. The van der Waals surface area contributed by atoms with Gasteiger partial charge in [0.2, 0.25) is 22.0 Å². The average Bonchev–Trinajstić information content (AvgIpc) is 3.15.